The van der Waals surface area contributed by atoms with Gasteiger partial charge in [-0.1, -0.05) is 44.2 Å². The van der Waals surface area contributed by atoms with E-state index in [1.807, 2.05) is 12.1 Å². The van der Waals surface area contributed by atoms with Gasteiger partial charge in [0.1, 0.15) is 0 Å². The molecule has 3 nitrogen and oxygen atoms in total. The van der Waals surface area contributed by atoms with Crippen LogP contribution in [0.5, 0.6) is 0 Å². The summed E-state index contributed by atoms with van der Waals surface area (Å²) in [5.41, 5.74) is 2.13. The molecule has 100 valence electrons. The average molecular weight is 256 g/mol. The van der Waals surface area contributed by atoms with Crippen molar-refractivity contribution in [2.75, 3.05) is 5.32 Å². The van der Waals surface area contributed by atoms with Crippen molar-refractivity contribution in [2.24, 2.45) is 11.8 Å². The summed E-state index contributed by atoms with van der Waals surface area (Å²) in [4.78, 5) is 11.3. The number of carboxylic acids is 1. The van der Waals surface area contributed by atoms with E-state index in [4.69, 9.17) is 0 Å². The molecule has 0 bridgehead atoms. The minimum atomic E-state index is -1.10. The molecule has 0 saturated heterocycles. The zero-order chi connectivity index (χ0) is 13.6. The number of benzene rings is 1. The van der Waals surface area contributed by atoms with Gasteiger partial charge < -0.3 is 15.2 Å². The number of nitrogens with one attached hydrogen (secondary N) is 1. The van der Waals surface area contributed by atoms with Crippen LogP contribution < -0.4 is 10.4 Å². The summed E-state index contributed by atoms with van der Waals surface area (Å²) in [5.74, 6) is 0.232. The fraction of sp³-hybridized carbons (Fsp3) is 0.438. The molecule has 0 saturated carbocycles. The SMILES string of the molecule is CC(C)[C@H]1Nc2c(C(=O)[O-])cccc2[C@H]2C=CC[C@H]21. The Balaban J connectivity index is 2.13. The van der Waals surface area contributed by atoms with Gasteiger partial charge in [-0.3, -0.25) is 0 Å². The fourth-order valence-corrected chi connectivity index (χ4v) is 3.49. The minimum Gasteiger partial charge on any atom is -0.545 e. The molecule has 19 heavy (non-hydrogen) atoms. The maximum absolute atomic E-state index is 11.3. The molecular weight excluding hydrogens is 238 g/mol. The largest absolute Gasteiger partial charge is 0.545 e. The standard InChI is InChI=1S/C16H19NO2/c1-9(2)14-11-6-3-5-10(11)12-7-4-8-13(16(18)19)15(12)17-14/h3-5,7-11,14,17H,6H2,1-2H3,(H,18,19)/p-1/t10-,11+,14+/m0/s1. The van der Waals surface area contributed by atoms with E-state index in [0.29, 0.717) is 23.8 Å². The molecule has 2 aliphatic rings. The Labute approximate surface area is 113 Å². The number of aromatic carboxylic acids is 1. The molecule has 3 rings (SSSR count). The Bertz CT molecular complexity index is 548. The highest BCUT2D eigenvalue weighted by Gasteiger charge is 2.38. The van der Waals surface area contributed by atoms with Crippen LogP contribution in [-0.2, 0) is 0 Å². The first kappa shape index (κ1) is 12.3. The van der Waals surface area contributed by atoms with E-state index in [9.17, 15) is 9.90 Å². The summed E-state index contributed by atoms with van der Waals surface area (Å²) in [6, 6.07) is 5.77. The van der Waals surface area contributed by atoms with Gasteiger partial charge in [0.15, 0.2) is 0 Å². The summed E-state index contributed by atoms with van der Waals surface area (Å²) < 4.78 is 0. The third kappa shape index (κ3) is 1.84. The second-order valence-corrected chi connectivity index (χ2v) is 5.82. The molecule has 1 aliphatic carbocycles. The number of anilines is 1. The molecule has 3 atom stereocenters. The summed E-state index contributed by atoms with van der Waals surface area (Å²) in [7, 11) is 0. The van der Waals surface area contributed by atoms with Crippen molar-refractivity contribution < 1.29 is 9.90 Å². The van der Waals surface area contributed by atoms with Crippen LogP contribution in [0.1, 0.15) is 42.1 Å². The fourth-order valence-electron chi connectivity index (χ4n) is 3.49. The smallest absolute Gasteiger partial charge is 0.0736 e. The molecule has 0 unspecified atom stereocenters. The Morgan fingerprint density at radius 3 is 2.89 bits per heavy atom. The molecule has 1 heterocycles. The van der Waals surface area contributed by atoms with Crippen molar-refractivity contribution in [2.45, 2.75) is 32.2 Å². The van der Waals surface area contributed by atoms with Gasteiger partial charge in [-0.05, 0) is 23.8 Å². The lowest BCUT2D eigenvalue weighted by molar-refractivity contribution is -0.254. The van der Waals surface area contributed by atoms with Gasteiger partial charge in [0.05, 0.1) is 5.97 Å². The van der Waals surface area contributed by atoms with Crippen LogP contribution >= 0.6 is 0 Å². The summed E-state index contributed by atoms with van der Waals surface area (Å²) >= 11 is 0. The highest BCUT2D eigenvalue weighted by atomic mass is 16.4. The lowest BCUT2D eigenvalue weighted by atomic mass is 9.75. The van der Waals surface area contributed by atoms with Gasteiger partial charge >= 0.3 is 0 Å². The van der Waals surface area contributed by atoms with Crippen LogP contribution in [0.25, 0.3) is 0 Å². The number of rotatable bonds is 2. The zero-order valence-corrected chi connectivity index (χ0v) is 11.2. The van der Waals surface area contributed by atoms with Gasteiger partial charge in [0, 0.05) is 23.2 Å². The van der Waals surface area contributed by atoms with Gasteiger partial charge in [0.2, 0.25) is 0 Å². The summed E-state index contributed by atoms with van der Waals surface area (Å²) in [6.45, 7) is 4.36. The lowest BCUT2D eigenvalue weighted by Gasteiger charge is -2.40. The van der Waals surface area contributed by atoms with Crippen molar-refractivity contribution in [3.8, 4) is 0 Å². The molecule has 0 spiro atoms. The van der Waals surface area contributed by atoms with Crippen LogP contribution in [0, 0.1) is 11.8 Å². The maximum atomic E-state index is 11.3. The van der Waals surface area contributed by atoms with Crippen LogP contribution in [0.3, 0.4) is 0 Å². The number of para-hydroxylation sites is 1. The van der Waals surface area contributed by atoms with E-state index in [2.05, 4.69) is 31.3 Å². The summed E-state index contributed by atoms with van der Waals surface area (Å²) in [5, 5.41) is 14.7. The number of hydrogen-bond donors (Lipinski definition) is 1. The number of carbonyl (C=O) groups is 1. The normalized spacial score (nSPS) is 27.8. The Morgan fingerprint density at radius 1 is 1.42 bits per heavy atom. The van der Waals surface area contributed by atoms with Crippen molar-refractivity contribution >= 4 is 11.7 Å². The number of carbonyl (C=O) groups excluding carboxylic acids is 1. The zero-order valence-electron chi connectivity index (χ0n) is 11.2. The van der Waals surface area contributed by atoms with Gasteiger partial charge in [0.25, 0.3) is 0 Å². The quantitative estimate of drug-likeness (QED) is 0.825. The van der Waals surface area contributed by atoms with Crippen molar-refractivity contribution in [3.63, 3.8) is 0 Å². The maximum Gasteiger partial charge on any atom is 0.0736 e. The topological polar surface area (TPSA) is 52.2 Å². The molecule has 1 aromatic rings. The number of fused-ring (bicyclic) bond motifs is 3. The first-order valence-electron chi connectivity index (χ1n) is 6.87. The Morgan fingerprint density at radius 2 is 2.21 bits per heavy atom. The van der Waals surface area contributed by atoms with E-state index in [-0.39, 0.29) is 5.56 Å². The molecule has 1 aromatic carbocycles. The van der Waals surface area contributed by atoms with Crippen molar-refractivity contribution in [1.29, 1.82) is 0 Å². The molecule has 1 aliphatic heterocycles. The van der Waals surface area contributed by atoms with E-state index in [1.54, 1.807) is 6.07 Å². The monoisotopic (exact) mass is 256 g/mol. The Kier molecular flexibility index (Phi) is 2.85. The summed E-state index contributed by atoms with van der Waals surface area (Å²) in [6.07, 6.45) is 5.50. The third-order valence-electron chi connectivity index (χ3n) is 4.38. The van der Waals surface area contributed by atoms with Gasteiger partial charge in [-0.15, -0.1) is 0 Å². The van der Waals surface area contributed by atoms with Crippen LogP contribution in [0.15, 0.2) is 30.4 Å². The number of carboxylic acid groups (broad SMARTS) is 1. The molecule has 0 amide bonds. The van der Waals surface area contributed by atoms with E-state index >= 15 is 0 Å². The third-order valence-corrected chi connectivity index (χ3v) is 4.38. The molecule has 0 aromatic heterocycles. The first-order chi connectivity index (χ1) is 9.09. The predicted octanol–water partition coefficient (Wildman–Crippen LogP) is 2.16. The van der Waals surface area contributed by atoms with E-state index < -0.39 is 5.97 Å². The highest BCUT2D eigenvalue weighted by Crippen LogP contribution is 2.47. The first-order valence-corrected chi connectivity index (χ1v) is 6.87. The molecule has 0 fully saturated rings. The van der Waals surface area contributed by atoms with E-state index in [0.717, 1.165) is 17.7 Å². The second kappa shape index (κ2) is 4.41. The molecule has 0 radical (unpaired) electrons. The average Bonchev–Trinajstić information content (AvgIpc) is 2.85. The Hall–Kier alpha value is -1.77. The van der Waals surface area contributed by atoms with Crippen LogP contribution in [0.2, 0.25) is 0 Å². The molecule has 3 heteroatoms. The second-order valence-electron chi connectivity index (χ2n) is 5.82. The van der Waals surface area contributed by atoms with Gasteiger partial charge in [-0.2, -0.15) is 0 Å². The van der Waals surface area contributed by atoms with Crippen molar-refractivity contribution in [1.82, 2.24) is 0 Å². The van der Waals surface area contributed by atoms with Crippen molar-refractivity contribution in [3.05, 3.63) is 41.5 Å². The van der Waals surface area contributed by atoms with Crippen LogP contribution in [0.4, 0.5) is 5.69 Å². The van der Waals surface area contributed by atoms with E-state index in [1.165, 1.54) is 0 Å². The minimum absolute atomic E-state index is 0.280. The molecule has 1 N–H and O–H groups in total. The number of allylic oxidation sites excluding steroid dienone is 2. The predicted molar refractivity (Wildman–Crippen MR) is 73.0 cm³/mol. The number of hydrogen-bond acceptors (Lipinski definition) is 3. The lowest BCUT2D eigenvalue weighted by Crippen LogP contribution is -2.40. The van der Waals surface area contributed by atoms with Gasteiger partial charge in [-0.25, -0.2) is 0 Å². The molecular formula is C16H18NO2-. The highest BCUT2D eigenvalue weighted by molar-refractivity contribution is 5.94. The van der Waals surface area contributed by atoms with Crippen LogP contribution in [-0.4, -0.2) is 12.0 Å².